The van der Waals surface area contributed by atoms with Gasteiger partial charge in [-0.1, -0.05) is 0 Å². The summed E-state index contributed by atoms with van der Waals surface area (Å²) in [4.78, 5) is 6.23. The van der Waals surface area contributed by atoms with Crippen molar-refractivity contribution >= 4 is 15.9 Å². The minimum Gasteiger partial charge on any atom is -0.455 e. The molecule has 1 fully saturated rings. The standard InChI is InChI=1S/C16H20N4O4S/c1-11-14(25(21,22)19(2)3)9-13(23-11)15-18-12(10-17)16(24-15)20-7-5-4-6-8-20/h9H,4-8H2,1-3H3. The van der Waals surface area contributed by atoms with Crippen LogP contribution in [-0.4, -0.2) is 44.9 Å². The molecule has 0 spiro atoms. The molecule has 3 heterocycles. The summed E-state index contributed by atoms with van der Waals surface area (Å²) in [6.07, 6.45) is 3.22. The lowest BCUT2D eigenvalue weighted by Crippen LogP contribution is -2.29. The van der Waals surface area contributed by atoms with E-state index < -0.39 is 10.0 Å². The fourth-order valence-electron chi connectivity index (χ4n) is 2.83. The summed E-state index contributed by atoms with van der Waals surface area (Å²) < 4.78 is 37.1. The molecule has 25 heavy (non-hydrogen) atoms. The zero-order chi connectivity index (χ0) is 18.2. The van der Waals surface area contributed by atoms with Crippen molar-refractivity contribution in [2.24, 2.45) is 0 Å². The number of nitrogens with zero attached hydrogens (tertiary/aromatic N) is 4. The Hall–Kier alpha value is -2.31. The van der Waals surface area contributed by atoms with E-state index in [2.05, 4.69) is 4.98 Å². The number of aryl methyl sites for hydroxylation is 1. The zero-order valence-corrected chi connectivity index (χ0v) is 15.3. The fraction of sp³-hybridized carbons (Fsp3) is 0.500. The number of hydrogen-bond donors (Lipinski definition) is 0. The minimum atomic E-state index is -3.63. The van der Waals surface area contributed by atoms with E-state index in [4.69, 9.17) is 8.83 Å². The Balaban J connectivity index is 2.01. The third-order valence-corrected chi connectivity index (χ3v) is 6.12. The molecule has 0 aliphatic carbocycles. The summed E-state index contributed by atoms with van der Waals surface area (Å²) in [5, 5.41) is 9.34. The molecule has 0 bridgehead atoms. The van der Waals surface area contributed by atoms with Crippen LogP contribution in [0.2, 0.25) is 0 Å². The molecule has 9 heteroatoms. The van der Waals surface area contributed by atoms with Crippen molar-refractivity contribution in [2.75, 3.05) is 32.1 Å². The fourth-order valence-corrected chi connectivity index (χ4v) is 3.88. The van der Waals surface area contributed by atoms with Crippen molar-refractivity contribution in [3.8, 4) is 17.7 Å². The molecule has 2 aromatic heterocycles. The van der Waals surface area contributed by atoms with Crippen LogP contribution in [0.3, 0.4) is 0 Å². The van der Waals surface area contributed by atoms with Gasteiger partial charge in [-0.2, -0.15) is 10.2 Å². The van der Waals surface area contributed by atoms with Gasteiger partial charge in [0.15, 0.2) is 5.76 Å². The van der Waals surface area contributed by atoms with E-state index in [1.165, 1.54) is 20.2 Å². The van der Waals surface area contributed by atoms with Gasteiger partial charge in [0.05, 0.1) is 0 Å². The molecule has 0 unspecified atom stereocenters. The lowest BCUT2D eigenvalue weighted by molar-refractivity contribution is 0.475. The molecule has 8 nitrogen and oxygen atoms in total. The van der Waals surface area contributed by atoms with Gasteiger partial charge in [0.1, 0.15) is 16.7 Å². The normalized spacial score (nSPS) is 15.6. The van der Waals surface area contributed by atoms with Gasteiger partial charge in [-0.3, -0.25) is 0 Å². The molecule has 0 aromatic carbocycles. The summed E-state index contributed by atoms with van der Waals surface area (Å²) in [6, 6.07) is 3.42. The Morgan fingerprint density at radius 2 is 1.92 bits per heavy atom. The number of sulfonamides is 1. The Bertz CT molecular complexity index is 915. The summed E-state index contributed by atoms with van der Waals surface area (Å²) >= 11 is 0. The molecule has 1 aliphatic heterocycles. The van der Waals surface area contributed by atoms with Gasteiger partial charge in [0, 0.05) is 33.3 Å². The maximum Gasteiger partial charge on any atom is 0.266 e. The highest BCUT2D eigenvalue weighted by Crippen LogP contribution is 2.33. The lowest BCUT2D eigenvalue weighted by atomic mass is 10.1. The maximum absolute atomic E-state index is 12.3. The molecule has 2 aromatic rings. The molecule has 1 aliphatic rings. The average Bonchev–Trinajstić information content (AvgIpc) is 3.19. The third kappa shape index (κ3) is 3.15. The van der Waals surface area contributed by atoms with E-state index in [-0.39, 0.29) is 28.0 Å². The van der Waals surface area contributed by atoms with Gasteiger partial charge in [0.25, 0.3) is 5.89 Å². The van der Waals surface area contributed by atoms with Gasteiger partial charge in [-0.15, -0.1) is 0 Å². The number of nitriles is 1. The second-order valence-electron chi connectivity index (χ2n) is 6.15. The highest BCUT2D eigenvalue weighted by molar-refractivity contribution is 7.89. The number of oxazole rings is 1. The monoisotopic (exact) mass is 364 g/mol. The summed E-state index contributed by atoms with van der Waals surface area (Å²) in [5.74, 6) is 0.973. The topological polar surface area (TPSA) is 104 Å². The Morgan fingerprint density at radius 1 is 1.24 bits per heavy atom. The third-order valence-electron chi connectivity index (χ3n) is 4.20. The predicted octanol–water partition coefficient (Wildman–Crippen LogP) is 2.36. The first-order valence-electron chi connectivity index (χ1n) is 8.04. The Kier molecular flexibility index (Phi) is 4.58. The van der Waals surface area contributed by atoms with Crippen molar-refractivity contribution in [3.63, 3.8) is 0 Å². The van der Waals surface area contributed by atoms with Crippen LogP contribution >= 0.6 is 0 Å². The van der Waals surface area contributed by atoms with E-state index in [1.807, 2.05) is 11.0 Å². The summed E-state index contributed by atoms with van der Waals surface area (Å²) in [5.41, 5.74) is 0.183. The number of hydrogen-bond acceptors (Lipinski definition) is 7. The zero-order valence-electron chi connectivity index (χ0n) is 14.4. The van der Waals surface area contributed by atoms with Crippen LogP contribution in [0.15, 0.2) is 19.8 Å². The first-order chi connectivity index (χ1) is 11.8. The van der Waals surface area contributed by atoms with Gasteiger partial charge >= 0.3 is 0 Å². The van der Waals surface area contributed by atoms with Crippen LogP contribution in [0.1, 0.15) is 30.7 Å². The van der Waals surface area contributed by atoms with Crippen molar-refractivity contribution in [3.05, 3.63) is 17.5 Å². The van der Waals surface area contributed by atoms with Crippen LogP contribution < -0.4 is 4.90 Å². The van der Waals surface area contributed by atoms with E-state index in [0.29, 0.717) is 5.88 Å². The number of furan rings is 1. The first-order valence-corrected chi connectivity index (χ1v) is 9.48. The lowest BCUT2D eigenvalue weighted by Gasteiger charge is -2.25. The quantitative estimate of drug-likeness (QED) is 0.820. The summed E-state index contributed by atoms with van der Waals surface area (Å²) in [6.45, 7) is 3.18. The Morgan fingerprint density at radius 3 is 2.52 bits per heavy atom. The predicted molar refractivity (Wildman–Crippen MR) is 90.6 cm³/mol. The van der Waals surface area contributed by atoms with Gasteiger partial charge in [0.2, 0.25) is 21.6 Å². The van der Waals surface area contributed by atoms with Crippen molar-refractivity contribution in [1.82, 2.24) is 9.29 Å². The number of piperidine rings is 1. The number of aromatic nitrogens is 1. The Labute approximate surface area is 146 Å². The van der Waals surface area contributed by atoms with Crippen LogP contribution in [-0.2, 0) is 10.0 Å². The SMILES string of the molecule is Cc1oc(-c2nc(C#N)c(N3CCCCC3)o2)cc1S(=O)(=O)N(C)C. The van der Waals surface area contributed by atoms with Gasteiger partial charge in [-0.05, 0) is 26.2 Å². The highest BCUT2D eigenvalue weighted by atomic mass is 32.2. The van der Waals surface area contributed by atoms with E-state index >= 15 is 0 Å². The largest absolute Gasteiger partial charge is 0.455 e. The second-order valence-corrected chi connectivity index (χ2v) is 8.27. The van der Waals surface area contributed by atoms with Crippen LogP contribution in [0.4, 0.5) is 5.88 Å². The second kappa shape index (κ2) is 6.54. The smallest absolute Gasteiger partial charge is 0.266 e. The minimum absolute atomic E-state index is 0.0590. The molecule has 0 N–H and O–H groups in total. The highest BCUT2D eigenvalue weighted by Gasteiger charge is 2.28. The van der Waals surface area contributed by atoms with Crippen molar-refractivity contribution in [1.29, 1.82) is 5.26 Å². The molecule has 134 valence electrons. The summed E-state index contributed by atoms with van der Waals surface area (Å²) in [7, 11) is -0.723. The molecule has 3 rings (SSSR count). The molecule has 0 atom stereocenters. The maximum atomic E-state index is 12.3. The van der Waals surface area contributed by atoms with Crippen LogP contribution in [0.25, 0.3) is 11.7 Å². The molecule has 1 saturated heterocycles. The molecular weight excluding hydrogens is 344 g/mol. The van der Waals surface area contributed by atoms with E-state index in [9.17, 15) is 13.7 Å². The average molecular weight is 364 g/mol. The van der Waals surface area contributed by atoms with Crippen molar-refractivity contribution < 1.29 is 17.3 Å². The number of rotatable bonds is 4. The van der Waals surface area contributed by atoms with Crippen LogP contribution in [0.5, 0.6) is 0 Å². The van der Waals surface area contributed by atoms with Crippen molar-refractivity contribution in [2.45, 2.75) is 31.1 Å². The van der Waals surface area contributed by atoms with Gasteiger partial charge < -0.3 is 13.7 Å². The van der Waals surface area contributed by atoms with E-state index in [1.54, 1.807) is 6.92 Å². The molecule has 0 amide bonds. The number of anilines is 1. The van der Waals surface area contributed by atoms with Crippen LogP contribution in [0, 0.1) is 18.3 Å². The molecule has 0 radical (unpaired) electrons. The first kappa shape index (κ1) is 17.5. The molecule has 0 saturated carbocycles. The van der Waals surface area contributed by atoms with E-state index in [0.717, 1.165) is 36.7 Å². The van der Waals surface area contributed by atoms with Gasteiger partial charge in [-0.25, -0.2) is 12.7 Å². The molecular formula is C16H20N4O4S.